The number of hydrogen-bond acceptors (Lipinski definition) is 5. The highest BCUT2D eigenvalue weighted by Crippen LogP contribution is 2.37. The predicted octanol–water partition coefficient (Wildman–Crippen LogP) is 3.78. The second-order valence-electron chi connectivity index (χ2n) is 3.90. The Labute approximate surface area is 132 Å². The standard InChI is InChI=1S/C11H6Cl2F3NO4S/c1-20-8-4-5-6(12)2-3-7(13)9(5)17-10(8)21-22(18,19)11(14,15)16/h2-4H,1H3. The minimum Gasteiger partial charge on any atom is -0.491 e. The first kappa shape index (κ1) is 16.9. The molecule has 2 aromatic rings. The van der Waals surface area contributed by atoms with Crippen molar-refractivity contribution >= 4 is 44.2 Å². The second-order valence-corrected chi connectivity index (χ2v) is 6.26. The van der Waals surface area contributed by atoms with Crippen LogP contribution in [0.5, 0.6) is 11.6 Å². The average Bonchev–Trinajstić information content (AvgIpc) is 2.41. The molecule has 0 spiro atoms. The van der Waals surface area contributed by atoms with Crippen LogP contribution >= 0.6 is 23.2 Å². The van der Waals surface area contributed by atoms with Crippen molar-refractivity contribution in [3.63, 3.8) is 0 Å². The van der Waals surface area contributed by atoms with Crippen LogP contribution in [0.3, 0.4) is 0 Å². The largest absolute Gasteiger partial charge is 0.534 e. The van der Waals surface area contributed by atoms with E-state index in [0.29, 0.717) is 0 Å². The number of ether oxygens (including phenoxy) is 1. The normalized spacial score (nSPS) is 12.5. The number of halogens is 5. The molecule has 1 heterocycles. The van der Waals surface area contributed by atoms with E-state index < -0.39 is 21.5 Å². The van der Waals surface area contributed by atoms with Crippen LogP contribution in [-0.4, -0.2) is 26.0 Å². The van der Waals surface area contributed by atoms with Gasteiger partial charge in [0, 0.05) is 5.39 Å². The van der Waals surface area contributed by atoms with E-state index in [1.165, 1.54) is 18.2 Å². The number of methoxy groups -OCH3 is 1. The Kier molecular flexibility index (Phi) is 4.33. The zero-order valence-corrected chi connectivity index (χ0v) is 12.9. The third kappa shape index (κ3) is 3.01. The molecule has 120 valence electrons. The highest BCUT2D eigenvalue weighted by Gasteiger charge is 2.49. The Morgan fingerprint density at radius 2 is 1.77 bits per heavy atom. The van der Waals surface area contributed by atoms with Crippen LogP contribution in [-0.2, 0) is 10.1 Å². The van der Waals surface area contributed by atoms with Crippen LogP contribution in [0.25, 0.3) is 10.9 Å². The van der Waals surface area contributed by atoms with Crippen molar-refractivity contribution in [2.75, 3.05) is 7.11 Å². The molecule has 1 aromatic carbocycles. The quantitative estimate of drug-likeness (QED) is 0.603. The number of benzene rings is 1. The summed E-state index contributed by atoms with van der Waals surface area (Å²) >= 11 is 11.8. The zero-order chi connectivity index (χ0) is 16.7. The summed E-state index contributed by atoms with van der Waals surface area (Å²) in [4.78, 5) is 3.66. The van der Waals surface area contributed by atoms with Gasteiger partial charge in [-0.1, -0.05) is 23.2 Å². The first-order chi connectivity index (χ1) is 10.1. The zero-order valence-electron chi connectivity index (χ0n) is 10.6. The third-order valence-electron chi connectivity index (χ3n) is 2.51. The Morgan fingerprint density at radius 1 is 1.18 bits per heavy atom. The maximum Gasteiger partial charge on any atom is 0.534 e. The molecule has 0 bridgehead atoms. The minimum atomic E-state index is -5.89. The summed E-state index contributed by atoms with van der Waals surface area (Å²) in [5, 5.41) is 0.523. The van der Waals surface area contributed by atoms with Crippen LogP contribution in [0.15, 0.2) is 18.2 Å². The molecule has 2 rings (SSSR count). The maximum absolute atomic E-state index is 12.4. The molecule has 0 aliphatic rings. The number of rotatable bonds is 3. The molecule has 0 saturated carbocycles. The number of pyridine rings is 1. The summed E-state index contributed by atoms with van der Waals surface area (Å²) in [5.74, 6) is -1.24. The Hall–Kier alpha value is -1.45. The van der Waals surface area contributed by atoms with Gasteiger partial charge in [0.15, 0.2) is 5.75 Å². The summed E-state index contributed by atoms with van der Waals surface area (Å²) in [7, 11) is -4.79. The van der Waals surface area contributed by atoms with E-state index in [2.05, 4.69) is 9.17 Å². The molecule has 0 N–H and O–H groups in total. The molecule has 0 atom stereocenters. The van der Waals surface area contributed by atoms with Crippen molar-refractivity contribution in [2.24, 2.45) is 0 Å². The molecule has 0 unspecified atom stereocenters. The molecule has 22 heavy (non-hydrogen) atoms. The number of nitrogens with zero attached hydrogens (tertiary/aromatic N) is 1. The number of alkyl halides is 3. The summed E-state index contributed by atoms with van der Waals surface area (Å²) in [6.45, 7) is 0. The lowest BCUT2D eigenvalue weighted by Crippen LogP contribution is -2.28. The van der Waals surface area contributed by atoms with Gasteiger partial charge in [-0.05, 0) is 18.2 Å². The van der Waals surface area contributed by atoms with Gasteiger partial charge in [0.1, 0.15) is 0 Å². The van der Waals surface area contributed by atoms with Gasteiger partial charge in [-0.25, -0.2) is 4.98 Å². The molecule has 0 amide bonds. The van der Waals surface area contributed by atoms with Crippen molar-refractivity contribution in [1.82, 2.24) is 4.98 Å². The molecule has 5 nitrogen and oxygen atoms in total. The highest BCUT2D eigenvalue weighted by atomic mass is 35.5. The molecule has 1 aromatic heterocycles. The smallest absolute Gasteiger partial charge is 0.491 e. The Bertz CT molecular complexity index is 839. The lowest BCUT2D eigenvalue weighted by molar-refractivity contribution is -0.0501. The van der Waals surface area contributed by atoms with Crippen molar-refractivity contribution in [1.29, 1.82) is 0 Å². The van der Waals surface area contributed by atoms with E-state index in [0.717, 1.165) is 7.11 Å². The van der Waals surface area contributed by atoms with Crippen molar-refractivity contribution in [3.8, 4) is 11.6 Å². The van der Waals surface area contributed by atoms with E-state index in [1.807, 2.05) is 0 Å². The maximum atomic E-state index is 12.4. The Morgan fingerprint density at radius 3 is 2.32 bits per heavy atom. The summed E-state index contributed by atoms with van der Waals surface area (Å²) in [6, 6.07) is 3.98. The van der Waals surface area contributed by atoms with Crippen LogP contribution in [0.1, 0.15) is 0 Å². The van der Waals surface area contributed by atoms with Crippen molar-refractivity contribution < 1.29 is 30.5 Å². The fourth-order valence-electron chi connectivity index (χ4n) is 1.51. The van der Waals surface area contributed by atoms with Gasteiger partial charge < -0.3 is 8.92 Å². The number of aromatic nitrogens is 1. The van der Waals surface area contributed by atoms with Gasteiger partial charge in [-0.15, -0.1) is 0 Å². The van der Waals surface area contributed by atoms with Crippen LogP contribution in [0, 0.1) is 0 Å². The van der Waals surface area contributed by atoms with E-state index in [1.54, 1.807) is 0 Å². The second kappa shape index (κ2) is 5.64. The highest BCUT2D eigenvalue weighted by molar-refractivity contribution is 7.88. The molecule has 11 heteroatoms. The molecule has 0 aliphatic heterocycles. The van der Waals surface area contributed by atoms with Crippen LogP contribution in [0.2, 0.25) is 10.0 Å². The lowest BCUT2D eigenvalue weighted by atomic mass is 10.2. The van der Waals surface area contributed by atoms with Gasteiger partial charge in [0.25, 0.3) is 5.88 Å². The first-order valence-corrected chi connectivity index (χ1v) is 7.56. The van der Waals surface area contributed by atoms with E-state index in [4.69, 9.17) is 27.9 Å². The molecule has 0 saturated heterocycles. The molecule has 0 radical (unpaired) electrons. The van der Waals surface area contributed by atoms with E-state index in [-0.39, 0.29) is 26.7 Å². The van der Waals surface area contributed by atoms with Crippen molar-refractivity contribution in [2.45, 2.75) is 5.51 Å². The number of hydrogen-bond donors (Lipinski definition) is 0. The minimum absolute atomic E-state index is 0.0256. The first-order valence-electron chi connectivity index (χ1n) is 5.40. The molecule has 0 fully saturated rings. The summed E-state index contributed by atoms with van der Waals surface area (Å²) in [6.07, 6.45) is 0. The third-order valence-corrected chi connectivity index (χ3v) is 4.09. The number of fused-ring (bicyclic) bond motifs is 1. The Balaban J connectivity index is 2.67. The fraction of sp³-hybridized carbons (Fsp3) is 0.182. The van der Waals surface area contributed by atoms with Gasteiger partial charge >= 0.3 is 15.6 Å². The average molecular weight is 376 g/mol. The molecule has 0 aliphatic carbocycles. The van der Waals surface area contributed by atoms with E-state index in [9.17, 15) is 21.6 Å². The summed E-state index contributed by atoms with van der Waals surface area (Å²) < 4.78 is 68.1. The molecular formula is C11H6Cl2F3NO4S. The van der Waals surface area contributed by atoms with E-state index >= 15 is 0 Å². The van der Waals surface area contributed by atoms with Gasteiger partial charge in [-0.2, -0.15) is 21.6 Å². The van der Waals surface area contributed by atoms with Gasteiger partial charge in [0.2, 0.25) is 0 Å². The van der Waals surface area contributed by atoms with Crippen molar-refractivity contribution in [3.05, 3.63) is 28.2 Å². The van der Waals surface area contributed by atoms with Gasteiger partial charge in [-0.3, -0.25) is 0 Å². The topological polar surface area (TPSA) is 65.5 Å². The monoisotopic (exact) mass is 375 g/mol. The van der Waals surface area contributed by atoms with Gasteiger partial charge in [0.05, 0.1) is 22.7 Å². The summed E-state index contributed by atoms with van der Waals surface area (Å²) in [5.41, 5.74) is -5.63. The lowest BCUT2D eigenvalue weighted by Gasteiger charge is -2.13. The van der Waals surface area contributed by atoms with Crippen LogP contribution in [0.4, 0.5) is 13.2 Å². The fourth-order valence-corrected chi connectivity index (χ4v) is 2.35. The predicted molar refractivity (Wildman–Crippen MR) is 73.9 cm³/mol. The van der Waals surface area contributed by atoms with Crippen LogP contribution < -0.4 is 8.92 Å². The SMILES string of the molecule is COc1cc2c(Cl)ccc(Cl)c2nc1OS(=O)(=O)C(F)(F)F. The molecular weight excluding hydrogens is 370 g/mol.